The Kier molecular flexibility index (Phi) is 5.01. The Morgan fingerprint density at radius 2 is 2.00 bits per heavy atom. The number of anilines is 1. The summed E-state index contributed by atoms with van der Waals surface area (Å²) in [5.41, 5.74) is 5.65. The van der Waals surface area contributed by atoms with E-state index in [0.29, 0.717) is 23.5 Å². The molecule has 0 amide bonds. The van der Waals surface area contributed by atoms with Gasteiger partial charge in [-0.25, -0.2) is 4.98 Å². The molecule has 0 aliphatic carbocycles. The predicted molar refractivity (Wildman–Crippen MR) is 85.8 cm³/mol. The minimum absolute atomic E-state index is 0. The maximum atomic E-state index is 13.1. The highest BCUT2D eigenvalue weighted by atomic mass is 35.5. The van der Waals surface area contributed by atoms with E-state index in [1.165, 1.54) is 12.4 Å². The summed E-state index contributed by atoms with van der Waals surface area (Å²) in [6.07, 6.45) is -0.956. The molecule has 1 fully saturated rings. The van der Waals surface area contributed by atoms with Gasteiger partial charge in [-0.3, -0.25) is 4.98 Å². The van der Waals surface area contributed by atoms with Crippen LogP contribution in [0.15, 0.2) is 24.5 Å². The summed E-state index contributed by atoms with van der Waals surface area (Å²) in [5, 5.41) is 0.464. The molecule has 2 atom stereocenters. The van der Waals surface area contributed by atoms with Crippen LogP contribution in [0.3, 0.4) is 0 Å². The van der Waals surface area contributed by atoms with Crippen molar-refractivity contribution in [3.63, 3.8) is 0 Å². The molecule has 3 rings (SSSR count). The summed E-state index contributed by atoms with van der Waals surface area (Å²) in [6, 6.07) is 3.30. The van der Waals surface area contributed by atoms with Crippen molar-refractivity contribution >= 4 is 29.0 Å². The topological polar surface area (TPSA) is 55.0 Å². The van der Waals surface area contributed by atoms with Crippen molar-refractivity contribution in [2.75, 3.05) is 18.0 Å². The van der Waals surface area contributed by atoms with Gasteiger partial charge in [-0.05, 0) is 24.5 Å². The van der Waals surface area contributed by atoms with Crippen LogP contribution < -0.4 is 10.6 Å². The standard InChI is InChI=1S/C15H17F3N4.ClH/c1-9-5-10(19)8-22(7-9)12-6-21-14(15(16,17)18)13-11(12)3-2-4-20-13;/h2-4,6,9-10H,5,7-8,19H2,1H3;1H/t9-,10+;/m0./s1. The molecule has 0 unspecified atom stereocenters. The van der Waals surface area contributed by atoms with Crippen LogP contribution in [-0.2, 0) is 6.18 Å². The molecular weight excluding hydrogens is 329 g/mol. The van der Waals surface area contributed by atoms with Crippen molar-refractivity contribution < 1.29 is 13.2 Å². The largest absolute Gasteiger partial charge is 0.435 e. The van der Waals surface area contributed by atoms with Crippen LogP contribution in [0.4, 0.5) is 18.9 Å². The number of pyridine rings is 2. The number of nitrogens with two attached hydrogens (primary N) is 1. The van der Waals surface area contributed by atoms with E-state index in [-0.39, 0.29) is 24.0 Å². The first kappa shape index (κ1) is 17.7. The highest BCUT2D eigenvalue weighted by Gasteiger charge is 2.36. The Morgan fingerprint density at radius 3 is 2.65 bits per heavy atom. The molecule has 0 radical (unpaired) electrons. The minimum atomic E-state index is -4.52. The van der Waals surface area contributed by atoms with E-state index in [2.05, 4.69) is 16.9 Å². The Morgan fingerprint density at radius 1 is 1.26 bits per heavy atom. The summed E-state index contributed by atoms with van der Waals surface area (Å²) < 4.78 is 39.2. The summed E-state index contributed by atoms with van der Waals surface area (Å²) >= 11 is 0. The molecule has 2 aromatic rings. The second-order valence-corrected chi connectivity index (χ2v) is 5.90. The molecule has 1 aliphatic rings. The van der Waals surface area contributed by atoms with Crippen molar-refractivity contribution in [2.45, 2.75) is 25.6 Å². The lowest BCUT2D eigenvalue weighted by atomic mass is 9.96. The lowest BCUT2D eigenvalue weighted by Crippen LogP contribution is -2.46. The van der Waals surface area contributed by atoms with Gasteiger partial charge in [0.2, 0.25) is 0 Å². The molecule has 4 nitrogen and oxygen atoms in total. The number of nitrogens with zero attached hydrogens (tertiary/aromatic N) is 3. The number of halogens is 4. The number of alkyl halides is 3. The SMILES string of the molecule is C[C@H]1C[C@@H](N)CN(c2cnc(C(F)(F)F)c3ncccc23)C1.Cl. The normalized spacial score (nSPS) is 22.0. The highest BCUT2D eigenvalue weighted by molar-refractivity contribution is 5.92. The van der Waals surface area contributed by atoms with Crippen molar-refractivity contribution in [3.8, 4) is 0 Å². The molecule has 2 aromatic heterocycles. The van der Waals surface area contributed by atoms with Gasteiger partial charge in [-0.15, -0.1) is 12.4 Å². The zero-order valence-corrected chi connectivity index (χ0v) is 13.4. The van der Waals surface area contributed by atoms with Gasteiger partial charge >= 0.3 is 6.18 Å². The third-order valence-corrected chi connectivity index (χ3v) is 3.93. The molecule has 23 heavy (non-hydrogen) atoms. The molecule has 2 N–H and O–H groups in total. The molecule has 3 heterocycles. The van der Waals surface area contributed by atoms with E-state index in [0.717, 1.165) is 13.0 Å². The fourth-order valence-electron chi connectivity index (χ4n) is 3.11. The van der Waals surface area contributed by atoms with Crippen LogP contribution in [0.1, 0.15) is 19.0 Å². The zero-order valence-electron chi connectivity index (χ0n) is 12.5. The smallest absolute Gasteiger partial charge is 0.368 e. The lowest BCUT2D eigenvalue weighted by molar-refractivity contribution is -0.139. The number of hydrogen-bond donors (Lipinski definition) is 1. The highest BCUT2D eigenvalue weighted by Crippen LogP contribution is 2.36. The Labute approximate surface area is 138 Å². The third kappa shape index (κ3) is 3.50. The quantitative estimate of drug-likeness (QED) is 0.861. The summed E-state index contributed by atoms with van der Waals surface area (Å²) in [4.78, 5) is 9.54. The number of aromatic nitrogens is 2. The van der Waals surface area contributed by atoms with Gasteiger partial charge in [0.25, 0.3) is 0 Å². The number of hydrogen-bond acceptors (Lipinski definition) is 4. The van der Waals surface area contributed by atoms with Gasteiger partial charge in [-0.1, -0.05) is 6.92 Å². The van der Waals surface area contributed by atoms with Crippen LogP contribution in [-0.4, -0.2) is 29.1 Å². The lowest BCUT2D eigenvalue weighted by Gasteiger charge is -2.36. The third-order valence-electron chi connectivity index (χ3n) is 3.93. The second-order valence-electron chi connectivity index (χ2n) is 5.90. The maximum Gasteiger partial charge on any atom is 0.435 e. The van der Waals surface area contributed by atoms with E-state index >= 15 is 0 Å². The first-order valence-corrected chi connectivity index (χ1v) is 7.17. The van der Waals surface area contributed by atoms with Gasteiger partial charge in [-0.2, -0.15) is 13.2 Å². The predicted octanol–water partition coefficient (Wildman–Crippen LogP) is 3.24. The minimum Gasteiger partial charge on any atom is -0.368 e. The fraction of sp³-hybridized carbons (Fsp3) is 0.467. The molecular formula is C15H18ClF3N4. The van der Waals surface area contributed by atoms with E-state index in [1.54, 1.807) is 12.1 Å². The summed E-state index contributed by atoms with van der Waals surface area (Å²) in [5.74, 6) is 0.387. The number of piperidine rings is 1. The van der Waals surface area contributed by atoms with Gasteiger partial charge in [0, 0.05) is 30.7 Å². The number of fused-ring (bicyclic) bond motifs is 1. The first-order valence-electron chi connectivity index (χ1n) is 7.17. The average Bonchev–Trinajstić information content (AvgIpc) is 2.44. The maximum absolute atomic E-state index is 13.1. The average molecular weight is 347 g/mol. The van der Waals surface area contributed by atoms with Gasteiger partial charge < -0.3 is 10.6 Å². The molecule has 126 valence electrons. The molecule has 0 aromatic carbocycles. The van der Waals surface area contributed by atoms with Gasteiger partial charge in [0.05, 0.1) is 11.9 Å². The van der Waals surface area contributed by atoms with Crippen molar-refractivity contribution in [2.24, 2.45) is 11.7 Å². The Balaban J connectivity index is 0.00000192. The molecule has 1 saturated heterocycles. The van der Waals surface area contributed by atoms with Crippen molar-refractivity contribution in [1.82, 2.24) is 9.97 Å². The molecule has 1 aliphatic heterocycles. The number of rotatable bonds is 1. The van der Waals surface area contributed by atoms with Crippen LogP contribution >= 0.6 is 12.4 Å². The van der Waals surface area contributed by atoms with Gasteiger partial charge in [0.1, 0.15) is 5.52 Å². The van der Waals surface area contributed by atoms with Crippen LogP contribution in [0.5, 0.6) is 0 Å². The first-order chi connectivity index (χ1) is 10.4. The van der Waals surface area contributed by atoms with E-state index in [4.69, 9.17) is 5.73 Å². The zero-order chi connectivity index (χ0) is 15.9. The van der Waals surface area contributed by atoms with E-state index in [9.17, 15) is 13.2 Å². The molecule has 0 spiro atoms. The van der Waals surface area contributed by atoms with Crippen molar-refractivity contribution in [3.05, 3.63) is 30.2 Å². The second kappa shape index (κ2) is 6.49. The fourth-order valence-corrected chi connectivity index (χ4v) is 3.11. The van der Waals surface area contributed by atoms with Crippen molar-refractivity contribution in [1.29, 1.82) is 0 Å². The summed E-state index contributed by atoms with van der Waals surface area (Å²) in [6.45, 7) is 3.45. The monoisotopic (exact) mass is 346 g/mol. The molecule has 0 saturated carbocycles. The Hall–Kier alpha value is -1.60. The van der Waals surface area contributed by atoms with Crippen LogP contribution in [0.25, 0.3) is 10.9 Å². The Bertz CT molecular complexity index is 682. The van der Waals surface area contributed by atoms with E-state index < -0.39 is 11.9 Å². The van der Waals surface area contributed by atoms with Crippen LogP contribution in [0, 0.1) is 5.92 Å². The van der Waals surface area contributed by atoms with E-state index in [1.807, 2.05) is 4.90 Å². The molecule has 8 heteroatoms. The summed E-state index contributed by atoms with van der Waals surface area (Å²) in [7, 11) is 0. The van der Waals surface area contributed by atoms with Gasteiger partial charge in [0.15, 0.2) is 5.69 Å². The molecule has 0 bridgehead atoms. The van der Waals surface area contributed by atoms with Crippen LogP contribution in [0.2, 0.25) is 0 Å².